The topological polar surface area (TPSA) is 123 Å². The highest BCUT2D eigenvalue weighted by Gasteiger charge is 2.28. The van der Waals surface area contributed by atoms with E-state index in [4.69, 9.17) is 14.2 Å². The second-order valence-electron chi connectivity index (χ2n) is 9.98. The van der Waals surface area contributed by atoms with Crippen LogP contribution in [-0.2, 0) is 11.8 Å². The normalized spacial score (nSPS) is 16.2. The van der Waals surface area contributed by atoms with Crippen LogP contribution in [-0.4, -0.2) is 54.0 Å². The third kappa shape index (κ3) is 4.16. The molecule has 5 aromatic heterocycles. The molecule has 1 N–H and O–H groups in total. The molecule has 2 aliphatic rings. The lowest BCUT2D eigenvalue weighted by atomic mass is 10.1. The molecular formula is C27H28N8O4. The third-order valence-corrected chi connectivity index (χ3v) is 7.48. The molecule has 5 aromatic rings. The highest BCUT2D eigenvalue weighted by molar-refractivity contribution is 5.85. The first kappa shape index (κ1) is 23.7. The molecule has 39 heavy (non-hydrogen) atoms. The number of hydrogen-bond acceptors (Lipinski definition) is 9. The molecule has 0 radical (unpaired) electrons. The van der Waals surface area contributed by atoms with Crippen LogP contribution in [0.3, 0.4) is 0 Å². The molecule has 0 atom stereocenters. The number of hydrogen-bond donors (Lipinski definition) is 1. The van der Waals surface area contributed by atoms with Gasteiger partial charge in [-0.3, -0.25) is 9.78 Å². The van der Waals surface area contributed by atoms with E-state index in [1.165, 1.54) is 5.56 Å². The number of nitrogens with zero attached hydrogens (tertiary/aromatic N) is 7. The van der Waals surface area contributed by atoms with Crippen molar-refractivity contribution in [2.45, 2.75) is 37.6 Å². The predicted molar refractivity (Wildman–Crippen MR) is 143 cm³/mol. The highest BCUT2D eigenvalue weighted by Crippen LogP contribution is 2.42. The summed E-state index contributed by atoms with van der Waals surface area (Å²) in [6.07, 6.45) is 14.2. The highest BCUT2D eigenvalue weighted by atomic mass is 16.5. The summed E-state index contributed by atoms with van der Waals surface area (Å²) in [5, 5.41) is 7.60. The summed E-state index contributed by atoms with van der Waals surface area (Å²) in [6.45, 7) is 1.33. The summed E-state index contributed by atoms with van der Waals surface area (Å²) in [5.41, 5.74) is 3.42. The molecule has 12 nitrogen and oxygen atoms in total. The van der Waals surface area contributed by atoms with Gasteiger partial charge in [-0.15, -0.1) is 0 Å². The smallest absolute Gasteiger partial charge is 0.274 e. The van der Waals surface area contributed by atoms with E-state index < -0.39 is 0 Å². The summed E-state index contributed by atoms with van der Waals surface area (Å²) >= 11 is 0. The number of aromatic nitrogens is 7. The minimum atomic E-state index is -0.0657. The van der Waals surface area contributed by atoms with Gasteiger partial charge in [-0.1, -0.05) is 0 Å². The largest absolute Gasteiger partial charge is 0.491 e. The molecule has 1 aliphatic carbocycles. The van der Waals surface area contributed by atoms with Gasteiger partial charge in [-0.25, -0.2) is 9.50 Å². The number of pyridine rings is 2. The van der Waals surface area contributed by atoms with E-state index in [-0.39, 0.29) is 11.6 Å². The van der Waals surface area contributed by atoms with E-state index in [9.17, 15) is 4.79 Å². The van der Waals surface area contributed by atoms with Gasteiger partial charge in [0.1, 0.15) is 16.7 Å². The van der Waals surface area contributed by atoms with Gasteiger partial charge in [-0.05, 0) is 43.2 Å². The van der Waals surface area contributed by atoms with Gasteiger partial charge in [0.15, 0.2) is 22.9 Å². The Morgan fingerprint density at radius 1 is 1.10 bits per heavy atom. The zero-order valence-corrected chi connectivity index (χ0v) is 21.7. The van der Waals surface area contributed by atoms with E-state index in [1.54, 1.807) is 42.6 Å². The molecule has 0 bridgehead atoms. The Balaban J connectivity index is 1.27. The van der Waals surface area contributed by atoms with Gasteiger partial charge in [0.2, 0.25) is 5.95 Å². The van der Waals surface area contributed by atoms with Crippen LogP contribution in [0.25, 0.3) is 16.7 Å². The zero-order valence-electron chi connectivity index (χ0n) is 21.7. The standard InChI is InChI=1S/C27H28N8O4/c1-33-23-24(37-2)22(39-21-14-30-35-8-7-28-12-20(21)35)13-29-25(23)32-27(33)31-19-11-17(16-3-4-16)15-34(26(19)36)18-5-9-38-10-6-18/h7-8,11-16,18H,3-6,9-10H2,1-2H3,(H,29,31,32). The Morgan fingerprint density at radius 2 is 1.95 bits per heavy atom. The number of rotatable bonds is 7. The van der Waals surface area contributed by atoms with Gasteiger partial charge >= 0.3 is 0 Å². The molecule has 2 fully saturated rings. The monoisotopic (exact) mass is 528 g/mol. The number of aryl methyl sites for hydroxylation is 1. The predicted octanol–water partition coefficient (Wildman–Crippen LogP) is 3.95. The van der Waals surface area contributed by atoms with Crippen LogP contribution in [0.5, 0.6) is 17.2 Å². The van der Waals surface area contributed by atoms with Crippen LogP contribution in [0.15, 0.2) is 48.0 Å². The molecule has 1 aliphatic heterocycles. The number of fused-ring (bicyclic) bond motifs is 2. The molecule has 12 heteroatoms. The Hall–Kier alpha value is -4.45. The van der Waals surface area contributed by atoms with Crippen molar-refractivity contribution >= 4 is 28.3 Å². The molecule has 0 unspecified atom stereocenters. The van der Waals surface area contributed by atoms with Gasteiger partial charge < -0.3 is 28.7 Å². The van der Waals surface area contributed by atoms with Crippen molar-refractivity contribution in [2.24, 2.45) is 7.05 Å². The molecule has 200 valence electrons. The summed E-state index contributed by atoms with van der Waals surface area (Å²) in [4.78, 5) is 27.0. The molecule has 6 heterocycles. The Morgan fingerprint density at radius 3 is 2.74 bits per heavy atom. The van der Waals surface area contributed by atoms with E-state index in [2.05, 4.69) is 25.4 Å². The van der Waals surface area contributed by atoms with Crippen LogP contribution >= 0.6 is 0 Å². The molecule has 1 saturated heterocycles. The zero-order chi connectivity index (χ0) is 26.5. The Bertz CT molecular complexity index is 1750. The first-order chi connectivity index (χ1) is 19.1. The fourth-order valence-corrected chi connectivity index (χ4v) is 5.22. The van der Waals surface area contributed by atoms with Crippen LogP contribution < -0.4 is 20.3 Å². The van der Waals surface area contributed by atoms with Crippen molar-refractivity contribution in [3.8, 4) is 17.2 Å². The fourth-order valence-electron chi connectivity index (χ4n) is 5.22. The number of imidazole rings is 1. The van der Waals surface area contributed by atoms with Crippen molar-refractivity contribution in [3.05, 3.63) is 59.2 Å². The summed E-state index contributed by atoms with van der Waals surface area (Å²) in [5.74, 6) is 2.38. The van der Waals surface area contributed by atoms with Crippen molar-refractivity contribution in [3.63, 3.8) is 0 Å². The molecular weight excluding hydrogens is 500 g/mol. The maximum absolute atomic E-state index is 13.6. The number of anilines is 2. The minimum Gasteiger partial charge on any atom is -0.491 e. The fraction of sp³-hybridized carbons (Fsp3) is 0.370. The van der Waals surface area contributed by atoms with E-state index in [0.717, 1.165) is 25.7 Å². The van der Waals surface area contributed by atoms with Gasteiger partial charge in [-0.2, -0.15) is 10.1 Å². The number of methoxy groups -OCH3 is 1. The van der Waals surface area contributed by atoms with Gasteiger partial charge in [0.05, 0.1) is 25.7 Å². The lowest BCUT2D eigenvalue weighted by Crippen LogP contribution is -2.30. The van der Waals surface area contributed by atoms with Crippen molar-refractivity contribution in [1.29, 1.82) is 0 Å². The van der Waals surface area contributed by atoms with E-state index >= 15 is 0 Å². The maximum atomic E-state index is 13.6. The Kier molecular flexibility index (Phi) is 5.69. The first-order valence-corrected chi connectivity index (χ1v) is 13.1. The van der Waals surface area contributed by atoms with Gasteiger partial charge in [0, 0.05) is 44.9 Å². The SMILES string of the molecule is COc1c(Oc2cnn3ccncc23)cnc2nc(Nc3cc(C4CC4)cn(C4CCOCC4)c3=O)n(C)c12. The molecule has 0 aromatic carbocycles. The van der Waals surface area contributed by atoms with Gasteiger partial charge in [0.25, 0.3) is 5.56 Å². The third-order valence-electron chi connectivity index (χ3n) is 7.48. The summed E-state index contributed by atoms with van der Waals surface area (Å²) in [6, 6.07) is 2.09. The first-order valence-electron chi connectivity index (χ1n) is 13.1. The van der Waals surface area contributed by atoms with E-state index in [0.29, 0.717) is 64.7 Å². The van der Waals surface area contributed by atoms with Crippen LogP contribution in [0.2, 0.25) is 0 Å². The summed E-state index contributed by atoms with van der Waals surface area (Å²) in [7, 11) is 3.43. The summed E-state index contributed by atoms with van der Waals surface area (Å²) < 4.78 is 22.9. The maximum Gasteiger partial charge on any atom is 0.274 e. The second-order valence-corrected chi connectivity index (χ2v) is 9.98. The molecule has 7 rings (SSSR count). The lowest BCUT2D eigenvalue weighted by molar-refractivity contribution is 0.0686. The molecule has 0 spiro atoms. The minimum absolute atomic E-state index is 0.0657. The second kappa shape index (κ2) is 9.38. The molecule has 1 saturated carbocycles. The number of nitrogens with one attached hydrogen (secondary N) is 1. The van der Waals surface area contributed by atoms with Crippen molar-refractivity contribution < 1.29 is 14.2 Å². The van der Waals surface area contributed by atoms with Crippen LogP contribution in [0, 0.1) is 0 Å². The van der Waals surface area contributed by atoms with Crippen LogP contribution in [0.1, 0.15) is 43.2 Å². The van der Waals surface area contributed by atoms with E-state index in [1.807, 2.05) is 28.4 Å². The number of ether oxygens (including phenoxy) is 3. The lowest BCUT2D eigenvalue weighted by Gasteiger charge is -2.25. The average Bonchev–Trinajstić information content (AvgIpc) is 3.67. The van der Waals surface area contributed by atoms with Crippen LogP contribution in [0.4, 0.5) is 11.6 Å². The molecule has 0 amide bonds. The van der Waals surface area contributed by atoms with Crippen molar-refractivity contribution in [2.75, 3.05) is 25.6 Å². The Labute approximate surface area is 223 Å². The average molecular weight is 529 g/mol. The quantitative estimate of drug-likeness (QED) is 0.335. The van der Waals surface area contributed by atoms with Crippen molar-refractivity contribution in [1.82, 2.24) is 33.7 Å².